The quantitative estimate of drug-likeness (QED) is 0.222. The first-order valence-electron chi connectivity index (χ1n) is 15.4. The molecule has 4 aromatic rings. The summed E-state index contributed by atoms with van der Waals surface area (Å²) in [6, 6.07) is 32.0. The molecule has 4 aromatic carbocycles. The van der Waals surface area contributed by atoms with E-state index in [0.717, 1.165) is 46.3 Å². The average Bonchev–Trinajstić information content (AvgIpc) is 3.49. The lowest BCUT2D eigenvalue weighted by atomic mass is 9.90. The van der Waals surface area contributed by atoms with Gasteiger partial charge in [-0.05, 0) is 46.4 Å². The maximum atomic E-state index is 12.8. The van der Waals surface area contributed by atoms with Gasteiger partial charge in [-0.3, -0.25) is 4.90 Å². The fraction of sp³-hybridized carbons (Fsp3) is 0.333. The summed E-state index contributed by atoms with van der Waals surface area (Å²) in [4.78, 5) is 2.49. The van der Waals surface area contributed by atoms with Crippen LogP contribution in [-0.4, -0.2) is 55.4 Å². The van der Waals surface area contributed by atoms with Crippen LogP contribution in [0.25, 0.3) is 11.1 Å². The van der Waals surface area contributed by atoms with Gasteiger partial charge >= 0.3 is 0 Å². The first kappa shape index (κ1) is 31.6. The molecule has 0 aliphatic carbocycles. The van der Waals surface area contributed by atoms with Gasteiger partial charge in [-0.2, -0.15) is 0 Å². The Morgan fingerprint density at radius 1 is 0.867 bits per heavy atom. The molecule has 5 atom stereocenters. The SMILES string of the molecule is C[C@@H]1[C@H](CN2CC[C@H](O)C2)O[C@H](c2ccc(-c3ccccc3CNS(=O)(=O)c3ccccc3)cc2)O[C@@H]1c1ccc(CO)cc1. The third-order valence-electron chi connectivity index (χ3n) is 8.83. The molecule has 2 fully saturated rings. The summed E-state index contributed by atoms with van der Waals surface area (Å²) in [5.74, 6) is 0.0600. The van der Waals surface area contributed by atoms with Crippen LogP contribution in [-0.2, 0) is 32.6 Å². The second kappa shape index (κ2) is 13.9. The molecule has 8 nitrogen and oxygen atoms in total. The van der Waals surface area contributed by atoms with Crippen LogP contribution in [0.3, 0.4) is 0 Å². The number of sulfonamides is 1. The number of β-amino-alcohol motifs (C(OH)–C–C–N with tert-alkyl or cyclic N) is 1. The van der Waals surface area contributed by atoms with Gasteiger partial charge in [0.05, 0.1) is 29.8 Å². The predicted molar refractivity (Wildman–Crippen MR) is 172 cm³/mol. The van der Waals surface area contributed by atoms with Gasteiger partial charge in [-0.1, -0.05) is 97.9 Å². The predicted octanol–water partition coefficient (Wildman–Crippen LogP) is 5.18. The van der Waals surface area contributed by atoms with Crippen LogP contribution in [0.2, 0.25) is 0 Å². The second-order valence-electron chi connectivity index (χ2n) is 11.9. The Bertz CT molecular complexity index is 1660. The van der Waals surface area contributed by atoms with E-state index in [4.69, 9.17) is 9.47 Å². The minimum atomic E-state index is -3.65. The van der Waals surface area contributed by atoms with Gasteiger partial charge in [0.2, 0.25) is 10.0 Å². The number of aliphatic hydroxyl groups is 2. The summed E-state index contributed by atoms with van der Waals surface area (Å²) < 4.78 is 41.6. The van der Waals surface area contributed by atoms with Gasteiger partial charge in [0.25, 0.3) is 0 Å². The van der Waals surface area contributed by atoms with E-state index in [9.17, 15) is 18.6 Å². The van der Waals surface area contributed by atoms with Gasteiger partial charge in [0.1, 0.15) is 0 Å². The molecular weight excluding hydrogens is 588 g/mol. The highest BCUT2D eigenvalue weighted by atomic mass is 32.2. The van der Waals surface area contributed by atoms with E-state index in [1.165, 1.54) is 0 Å². The topological polar surface area (TPSA) is 108 Å². The number of aliphatic hydroxyl groups excluding tert-OH is 2. The number of hydrogen-bond donors (Lipinski definition) is 3. The van der Waals surface area contributed by atoms with Crippen molar-refractivity contribution in [2.75, 3.05) is 19.6 Å². The van der Waals surface area contributed by atoms with Gasteiger partial charge < -0.3 is 19.7 Å². The van der Waals surface area contributed by atoms with Crippen LogP contribution < -0.4 is 4.72 Å². The molecule has 9 heteroatoms. The molecule has 2 heterocycles. The zero-order valence-corrected chi connectivity index (χ0v) is 26.1. The summed E-state index contributed by atoms with van der Waals surface area (Å²) in [6.07, 6.45) is -0.462. The fourth-order valence-corrected chi connectivity index (χ4v) is 7.22. The molecule has 2 aliphatic rings. The zero-order chi connectivity index (χ0) is 31.4. The molecule has 236 valence electrons. The molecule has 45 heavy (non-hydrogen) atoms. The number of benzene rings is 4. The largest absolute Gasteiger partial charge is 0.392 e. The average molecular weight is 629 g/mol. The van der Waals surface area contributed by atoms with E-state index in [-0.39, 0.29) is 42.3 Å². The van der Waals surface area contributed by atoms with Crippen molar-refractivity contribution in [1.29, 1.82) is 0 Å². The van der Waals surface area contributed by atoms with Crippen molar-refractivity contribution < 1.29 is 28.1 Å². The number of likely N-dealkylation sites (tertiary alicyclic amines) is 1. The number of rotatable bonds is 10. The molecule has 2 aliphatic heterocycles. The summed E-state index contributed by atoms with van der Waals surface area (Å²) in [7, 11) is -3.65. The van der Waals surface area contributed by atoms with Crippen LogP contribution in [0.5, 0.6) is 0 Å². The Morgan fingerprint density at radius 2 is 1.56 bits per heavy atom. The van der Waals surface area contributed by atoms with Crippen molar-refractivity contribution >= 4 is 10.0 Å². The van der Waals surface area contributed by atoms with Gasteiger partial charge in [0.15, 0.2) is 6.29 Å². The summed E-state index contributed by atoms with van der Waals surface area (Å²) >= 11 is 0. The number of ether oxygens (including phenoxy) is 2. The molecule has 2 saturated heterocycles. The maximum absolute atomic E-state index is 12.8. The first-order valence-corrected chi connectivity index (χ1v) is 16.9. The molecule has 0 saturated carbocycles. The lowest BCUT2D eigenvalue weighted by Gasteiger charge is -2.42. The van der Waals surface area contributed by atoms with Crippen LogP contribution >= 0.6 is 0 Å². The molecule has 0 amide bonds. The maximum Gasteiger partial charge on any atom is 0.240 e. The van der Waals surface area contributed by atoms with Crippen LogP contribution in [0, 0.1) is 5.92 Å². The zero-order valence-electron chi connectivity index (χ0n) is 25.3. The van der Waals surface area contributed by atoms with Crippen molar-refractivity contribution in [2.45, 2.75) is 56.0 Å². The molecular formula is C36H40N2O6S. The van der Waals surface area contributed by atoms with E-state index in [1.54, 1.807) is 30.3 Å². The molecule has 3 N–H and O–H groups in total. The molecule has 0 unspecified atom stereocenters. The molecule has 6 rings (SSSR count). The lowest BCUT2D eigenvalue weighted by molar-refractivity contribution is -0.276. The molecule has 0 radical (unpaired) electrons. The van der Waals surface area contributed by atoms with Gasteiger partial charge in [0, 0.05) is 37.7 Å². The van der Waals surface area contributed by atoms with E-state index < -0.39 is 16.3 Å². The molecule has 0 bridgehead atoms. The van der Waals surface area contributed by atoms with E-state index in [0.29, 0.717) is 13.1 Å². The van der Waals surface area contributed by atoms with Crippen molar-refractivity contribution in [2.24, 2.45) is 5.92 Å². The van der Waals surface area contributed by atoms with E-state index >= 15 is 0 Å². The van der Waals surface area contributed by atoms with Crippen molar-refractivity contribution in [3.05, 3.63) is 125 Å². The first-order chi connectivity index (χ1) is 21.8. The highest BCUT2D eigenvalue weighted by Gasteiger charge is 2.39. The molecule has 0 aromatic heterocycles. The van der Waals surface area contributed by atoms with Crippen molar-refractivity contribution in [1.82, 2.24) is 9.62 Å². The van der Waals surface area contributed by atoms with Crippen LogP contribution in [0.15, 0.2) is 108 Å². The fourth-order valence-electron chi connectivity index (χ4n) is 6.19. The van der Waals surface area contributed by atoms with Crippen molar-refractivity contribution in [3.63, 3.8) is 0 Å². The highest BCUT2D eigenvalue weighted by Crippen LogP contribution is 2.42. The Labute approximate surface area is 265 Å². The summed E-state index contributed by atoms with van der Waals surface area (Å²) in [6.45, 7) is 4.47. The second-order valence-corrected chi connectivity index (χ2v) is 13.7. The Kier molecular flexibility index (Phi) is 9.77. The Morgan fingerprint density at radius 3 is 2.24 bits per heavy atom. The number of nitrogens with one attached hydrogen (secondary N) is 1. The smallest absolute Gasteiger partial charge is 0.240 e. The number of nitrogens with zero attached hydrogens (tertiary/aromatic N) is 1. The Balaban J connectivity index is 1.22. The minimum absolute atomic E-state index is 0.0125. The van der Waals surface area contributed by atoms with E-state index in [2.05, 4.69) is 16.5 Å². The standard InChI is InChI=1S/C36H40N2O6S/c1-25-34(23-38-20-19-31(40)22-38)43-36(44-35(25)28-13-11-26(24-39)12-14-28)29-17-15-27(16-18-29)33-10-6-5-7-30(33)21-37-45(41,42)32-8-3-2-4-9-32/h2-18,25,31,34-37,39-40H,19-24H2,1H3/t25-,31+,34+,35+,36+/m1/s1. The lowest BCUT2D eigenvalue weighted by Crippen LogP contribution is -2.44. The minimum Gasteiger partial charge on any atom is -0.392 e. The third-order valence-corrected chi connectivity index (χ3v) is 10.2. The van der Waals surface area contributed by atoms with E-state index in [1.807, 2.05) is 72.8 Å². The van der Waals surface area contributed by atoms with Crippen LogP contribution in [0.4, 0.5) is 0 Å². The van der Waals surface area contributed by atoms with Gasteiger partial charge in [-0.15, -0.1) is 0 Å². The van der Waals surface area contributed by atoms with Gasteiger partial charge in [-0.25, -0.2) is 13.1 Å². The third kappa shape index (κ3) is 7.37. The Hall–Kier alpha value is -3.41. The monoisotopic (exact) mass is 628 g/mol. The normalized spacial score (nSPS) is 24.1. The summed E-state index contributed by atoms with van der Waals surface area (Å²) in [5.41, 5.74) is 5.52. The summed E-state index contributed by atoms with van der Waals surface area (Å²) in [5, 5.41) is 19.6. The molecule has 0 spiro atoms. The van der Waals surface area contributed by atoms with Crippen molar-refractivity contribution in [3.8, 4) is 11.1 Å². The number of hydrogen-bond acceptors (Lipinski definition) is 7. The highest BCUT2D eigenvalue weighted by molar-refractivity contribution is 7.89. The van der Waals surface area contributed by atoms with Crippen LogP contribution in [0.1, 0.15) is 48.0 Å².